The van der Waals surface area contributed by atoms with E-state index in [1.807, 2.05) is 0 Å². The molecule has 1 aliphatic carbocycles. The second-order valence-electron chi connectivity index (χ2n) is 4.87. The molecule has 1 aliphatic rings. The molecule has 19 heavy (non-hydrogen) atoms. The van der Waals surface area contributed by atoms with E-state index >= 15 is 0 Å². The van der Waals surface area contributed by atoms with Gasteiger partial charge in [0, 0.05) is 12.6 Å². The standard InChI is InChI=1S/C12H15BF3NO2/c14-12(15,16)8-17(11-5-6-11)7-9-1-3-10(4-2-9)13(18)19/h1-4,11,18-19H,5-8H2. The van der Waals surface area contributed by atoms with Gasteiger partial charge in [-0.3, -0.25) is 4.90 Å². The van der Waals surface area contributed by atoms with Crippen LogP contribution in [0.3, 0.4) is 0 Å². The summed E-state index contributed by atoms with van der Waals surface area (Å²) in [6, 6.07) is 6.29. The minimum atomic E-state index is -4.19. The Labute approximate surface area is 109 Å². The third-order valence-corrected chi connectivity index (χ3v) is 3.11. The molecule has 0 saturated heterocycles. The second kappa shape index (κ2) is 5.52. The first-order valence-electron chi connectivity index (χ1n) is 6.11. The molecule has 3 nitrogen and oxygen atoms in total. The van der Waals surface area contributed by atoms with E-state index in [0.717, 1.165) is 18.4 Å². The first-order valence-corrected chi connectivity index (χ1v) is 6.11. The van der Waals surface area contributed by atoms with Crippen molar-refractivity contribution in [2.75, 3.05) is 6.54 Å². The molecule has 0 aromatic heterocycles. The van der Waals surface area contributed by atoms with Crippen LogP contribution in [0.2, 0.25) is 0 Å². The highest BCUT2D eigenvalue weighted by Gasteiger charge is 2.37. The molecule has 2 rings (SSSR count). The van der Waals surface area contributed by atoms with Gasteiger partial charge in [-0.1, -0.05) is 24.3 Å². The Morgan fingerprint density at radius 1 is 1.16 bits per heavy atom. The highest BCUT2D eigenvalue weighted by atomic mass is 19.4. The Morgan fingerprint density at radius 2 is 1.74 bits per heavy atom. The monoisotopic (exact) mass is 273 g/mol. The molecule has 1 fully saturated rings. The predicted molar refractivity (Wildman–Crippen MR) is 65.8 cm³/mol. The van der Waals surface area contributed by atoms with Gasteiger partial charge in [0.25, 0.3) is 0 Å². The van der Waals surface area contributed by atoms with E-state index in [1.54, 1.807) is 12.1 Å². The van der Waals surface area contributed by atoms with Crippen LogP contribution in [-0.2, 0) is 6.54 Å². The van der Waals surface area contributed by atoms with Crippen molar-refractivity contribution < 1.29 is 23.2 Å². The highest BCUT2D eigenvalue weighted by Crippen LogP contribution is 2.31. The molecule has 0 heterocycles. The molecule has 2 N–H and O–H groups in total. The molecule has 0 atom stereocenters. The van der Waals surface area contributed by atoms with Crippen LogP contribution in [0.15, 0.2) is 24.3 Å². The molecular weight excluding hydrogens is 258 g/mol. The third-order valence-electron chi connectivity index (χ3n) is 3.11. The predicted octanol–water partition coefficient (Wildman–Crippen LogP) is 0.893. The number of halogens is 3. The number of hydrogen-bond donors (Lipinski definition) is 2. The number of hydrogen-bond acceptors (Lipinski definition) is 3. The van der Waals surface area contributed by atoms with Crippen LogP contribution in [0, 0.1) is 0 Å². The number of benzene rings is 1. The van der Waals surface area contributed by atoms with Gasteiger partial charge in [0.1, 0.15) is 0 Å². The number of nitrogens with zero attached hydrogens (tertiary/aromatic N) is 1. The summed E-state index contributed by atoms with van der Waals surface area (Å²) in [6.07, 6.45) is -2.57. The van der Waals surface area contributed by atoms with Gasteiger partial charge in [-0.2, -0.15) is 13.2 Å². The van der Waals surface area contributed by atoms with Crippen molar-refractivity contribution in [2.24, 2.45) is 0 Å². The van der Waals surface area contributed by atoms with Crippen LogP contribution in [0.25, 0.3) is 0 Å². The van der Waals surface area contributed by atoms with Crippen molar-refractivity contribution in [1.82, 2.24) is 4.90 Å². The molecular formula is C12H15BF3NO2. The van der Waals surface area contributed by atoms with Gasteiger partial charge in [-0.15, -0.1) is 0 Å². The van der Waals surface area contributed by atoms with Gasteiger partial charge in [0.2, 0.25) is 0 Å². The van der Waals surface area contributed by atoms with Gasteiger partial charge >= 0.3 is 13.3 Å². The highest BCUT2D eigenvalue weighted by molar-refractivity contribution is 6.58. The van der Waals surface area contributed by atoms with Crippen LogP contribution in [0.1, 0.15) is 18.4 Å². The van der Waals surface area contributed by atoms with E-state index in [9.17, 15) is 13.2 Å². The number of alkyl halides is 3. The maximum atomic E-state index is 12.5. The summed E-state index contributed by atoms with van der Waals surface area (Å²) in [5, 5.41) is 17.9. The summed E-state index contributed by atoms with van der Waals surface area (Å²) < 4.78 is 37.4. The van der Waals surface area contributed by atoms with Crippen LogP contribution < -0.4 is 5.46 Å². The lowest BCUT2D eigenvalue weighted by Crippen LogP contribution is -2.35. The van der Waals surface area contributed by atoms with Crippen LogP contribution in [-0.4, -0.2) is 40.8 Å². The maximum absolute atomic E-state index is 12.5. The first kappa shape index (κ1) is 14.4. The summed E-state index contributed by atoms with van der Waals surface area (Å²) in [5.41, 5.74) is 1.07. The van der Waals surface area contributed by atoms with E-state index in [2.05, 4.69) is 0 Å². The zero-order valence-corrected chi connectivity index (χ0v) is 10.3. The molecule has 0 radical (unpaired) electrons. The topological polar surface area (TPSA) is 43.7 Å². The summed E-state index contributed by atoms with van der Waals surface area (Å²) in [5.74, 6) is 0. The van der Waals surface area contributed by atoms with Crippen LogP contribution in [0.5, 0.6) is 0 Å². The molecule has 7 heteroatoms. The zero-order valence-electron chi connectivity index (χ0n) is 10.3. The van der Waals surface area contributed by atoms with Crippen molar-refractivity contribution in [3.8, 4) is 0 Å². The third kappa shape index (κ3) is 4.52. The van der Waals surface area contributed by atoms with Crippen molar-refractivity contribution in [2.45, 2.75) is 31.6 Å². The summed E-state index contributed by atoms with van der Waals surface area (Å²) in [4.78, 5) is 1.42. The minimum absolute atomic E-state index is 0.0183. The zero-order chi connectivity index (χ0) is 14.0. The summed E-state index contributed by atoms with van der Waals surface area (Å²) >= 11 is 0. The average molecular weight is 273 g/mol. The Morgan fingerprint density at radius 3 is 2.16 bits per heavy atom. The Hall–Kier alpha value is -1.05. The fourth-order valence-corrected chi connectivity index (χ4v) is 2.01. The molecule has 1 aromatic carbocycles. The average Bonchev–Trinajstić information content (AvgIpc) is 3.10. The second-order valence-corrected chi connectivity index (χ2v) is 4.87. The van der Waals surface area contributed by atoms with Crippen LogP contribution >= 0.6 is 0 Å². The molecule has 0 unspecified atom stereocenters. The van der Waals surface area contributed by atoms with Gasteiger partial charge in [-0.05, 0) is 23.9 Å². The Bertz CT molecular complexity index is 418. The van der Waals surface area contributed by atoms with Gasteiger partial charge in [0.15, 0.2) is 0 Å². The minimum Gasteiger partial charge on any atom is -0.423 e. The summed E-state index contributed by atoms with van der Waals surface area (Å²) in [6.45, 7) is -0.673. The molecule has 1 aromatic rings. The lowest BCUT2D eigenvalue weighted by molar-refractivity contribution is -0.148. The van der Waals surface area contributed by atoms with E-state index in [4.69, 9.17) is 10.0 Å². The van der Waals surface area contributed by atoms with Crippen molar-refractivity contribution >= 4 is 12.6 Å². The van der Waals surface area contributed by atoms with Gasteiger partial charge in [0.05, 0.1) is 6.54 Å². The van der Waals surface area contributed by atoms with Gasteiger partial charge in [-0.25, -0.2) is 0 Å². The lowest BCUT2D eigenvalue weighted by atomic mass is 9.80. The first-order chi connectivity index (χ1) is 8.85. The Balaban J connectivity index is 2.00. The van der Waals surface area contributed by atoms with Crippen molar-refractivity contribution in [3.63, 3.8) is 0 Å². The largest absolute Gasteiger partial charge is 0.488 e. The molecule has 0 amide bonds. The van der Waals surface area contributed by atoms with Gasteiger partial charge < -0.3 is 10.0 Å². The molecule has 1 saturated carbocycles. The number of rotatable bonds is 5. The van der Waals surface area contributed by atoms with Crippen molar-refractivity contribution in [1.29, 1.82) is 0 Å². The van der Waals surface area contributed by atoms with E-state index < -0.39 is 19.8 Å². The van der Waals surface area contributed by atoms with E-state index in [-0.39, 0.29) is 12.6 Å². The van der Waals surface area contributed by atoms with Crippen LogP contribution in [0.4, 0.5) is 13.2 Å². The van der Waals surface area contributed by atoms with Crippen molar-refractivity contribution in [3.05, 3.63) is 29.8 Å². The molecule has 104 valence electrons. The Kier molecular flexibility index (Phi) is 4.18. The normalized spacial score (nSPS) is 15.9. The van der Waals surface area contributed by atoms with E-state index in [1.165, 1.54) is 17.0 Å². The van der Waals surface area contributed by atoms with E-state index in [0.29, 0.717) is 5.46 Å². The fourth-order valence-electron chi connectivity index (χ4n) is 2.01. The molecule has 0 bridgehead atoms. The SMILES string of the molecule is OB(O)c1ccc(CN(CC(F)(F)F)C2CC2)cc1. The molecule has 0 aliphatic heterocycles. The maximum Gasteiger partial charge on any atom is 0.488 e. The molecule has 0 spiro atoms. The quantitative estimate of drug-likeness (QED) is 0.783. The lowest BCUT2D eigenvalue weighted by Gasteiger charge is -2.23. The smallest absolute Gasteiger partial charge is 0.423 e. The summed E-state index contributed by atoms with van der Waals surface area (Å²) in [7, 11) is -1.55. The fraction of sp³-hybridized carbons (Fsp3) is 0.500.